The zero-order valence-corrected chi connectivity index (χ0v) is 10.8. The minimum Gasteiger partial charge on any atom is -0.247 e. The fraction of sp³-hybridized carbons (Fsp3) is 1.00. The Bertz CT molecular complexity index is 249. The van der Waals surface area contributed by atoms with Crippen LogP contribution in [0, 0.1) is 28.6 Å². The minimum atomic E-state index is -0.494. The van der Waals surface area contributed by atoms with Gasteiger partial charge >= 0.3 is 0 Å². The summed E-state index contributed by atoms with van der Waals surface area (Å²) < 4.78 is 13.1. The molecule has 0 radical (unpaired) electrons. The zero-order valence-electron chi connectivity index (χ0n) is 10.8. The second-order valence-electron chi connectivity index (χ2n) is 7.52. The number of halogens is 1. The number of rotatable bonds is 3. The number of alkyl halides is 1. The van der Waals surface area contributed by atoms with Crippen molar-refractivity contribution in [3.05, 3.63) is 0 Å². The van der Waals surface area contributed by atoms with Crippen molar-refractivity contribution in [2.45, 2.75) is 60.1 Å². The van der Waals surface area contributed by atoms with E-state index in [9.17, 15) is 4.39 Å². The van der Waals surface area contributed by atoms with Gasteiger partial charge in [-0.1, -0.05) is 34.6 Å². The van der Waals surface area contributed by atoms with Crippen molar-refractivity contribution in [2.75, 3.05) is 0 Å². The van der Waals surface area contributed by atoms with E-state index < -0.39 is 6.17 Å². The summed E-state index contributed by atoms with van der Waals surface area (Å²) in [6.07, 6.45) is 2.93. The molecule has 0 aromatic heterocycles. The van der Waals surface area contributed by atoms with Crippen LogP contribution in [-0.4, -0.2) is 6.17 Å². The molecule has 2 fully saturated rings. The van der Waals surface area contributed by atoms with E-state index in [1.807, 2.05) is 0 Å². The molecule has 2 aliphatic rings. The highest BCUT2D eigenvalue weighted by atomic mass is 19.1. The summed E-state index contributed by atoms with van der Waals surface area (Å²) in [5.41, 5.74) is 0.698. The first-order chi connectivity index (χ1) is 6.72. The Kier molecular flexibility index (Phi) is 2.44. The van der Waals surface area contributed by atoms with Crippen LogP contribution in [0.4, 0.5) is 4.39 Å². The zero-order chi connectivity index (χ0) is 11.4. The molecule has 0 saturated heterocycles. The van der Waals surface area contributed by atoms with Crippen LogP contribution >= 0.6 is 0 Å². The Balaban J connectivity index is 1.84. The SMILES string of the molecule is CC(C)(C)C1CC1CC(C)(C)C1CC1F. The Labute approximate surface area is 93.6 Å². The third-order valence-electron chi connectivity index (χ3n) is 4.54. The summed E-state index contributed by atoms with van der Waals surface area (Å²) in [5, 5.41) is 0. The van der Waals surface area contributed by atoms with Gasteiger partial charge in [0.25, 0.3) is 0 Å². The summed E-state index contributed by atoms with van der Waals surface area (Å²) in [6.45, 7) is 11.5. The molecule has 0 amide bonds. The van der Waals surface area contributed by atoms with E-state index in [0.717, 1.165) is 18.3 Å². The Hall–Kier alpha value is -0.0700. The molecule has 2 rings (SSSR count). The third kappa shape index (κ3) is 2.37. The molecule has 0 nitrogen and oxygen atoms in total. The molecule has 2 saturated carbocycles. The third-order valence-corrected chi connectivity index (χ3v) is 4.54. The molecule has 15 heavy (non-hydrogen) atoms. The van der Waals surface area contributed by atoms with Crippen molar-refractivity contribution in [1.82, 2.24) is 0 Å². The lowest BCUT2D eigenvalue weighted by Gasteiger charge is -2.26. The lowest BCUT2D eigenvalue weighted by Crippen LogP contribution is -2.19. The lowest BCUT2D eigenvalue weighted by molar-refractivity contribution is 0.216. The van der Waals surface area contributed by atoms with Gasteiger partial charge in [-0.05, 0) is 47.8 Å². The van der Waals surface area contributed by atoms with E-state index in [2.05, 4.69) is 34.6 Å². The summed E-state index contributed by atoms with van der Waals surface area (Å²) in [6, 6.07) is 0. The van der Waals surface area contributed by atoms with Gasteiger partial charge in [-0.25, -0.2) is 4.39 Å². The molecular formula is C14H25F. The average molecular weight is 212 g/mol. The summed E-state index contributed by atoms with van der Waals surface area (Å²) in [4.78, 5) is 0. The molecule has 0 spiro atoms. The molecule has 0 heterocycles. The Morgan fingerprint density at radius 1 is 1.00 bits per heavy atom. The topological polar surface area (TPSA) is 0 Å². The summed E-state index contributed by atoms with van der Waals surface area (Å²) in [7, 11) is 0. The van der Waals surface area contributed by atoms with Crippen LogP contribution in [-0.2, 0) is 0 Å². The van der Waals surface area contributed by atoms with Crippen LogP contribution in [0.3, 0.4) is 0 Å². The first kappa shape index (κ1) is 11.4. The van der Waals surface area contributed by atoms with Crippen molar-refractivity contribution in [2.24, 2.45) is 28.6 Å². The largest absolute Gasteiger partial charge is 0.247 e. The summed E-state index contributed by atoms with van der Waals surface area (Å²) in [5.74, 6) is 2.11. The molecule has 4 unspecified atom stereocenters. The highest BCUT2D eigenvalue weighted by Gasteiger charge is 2.53. The lowest BCUT2D eigenvalue weighted by atomic mass is 9.79. The highest BCUT2D eigenvalue weighted by Crippen LogP contribution is 2.59. The van der Waals surface area contributed by atoms with Gasteiger partial charge in [0.15, 0.2) is 0 Å². The second kappa shape index (κ2) is 3.21. The first-order valence-corrected chi connectivity index (χ1v) is 6.36. The van der Waals surface area contributed by atoms with Gasteiger partial charge in [0.2, 0.25) is 0 Å². The van der Waals surface area contributed by atoms with E-state index in [-0.39, 0.29) is 5.41 Å². The molecule has 1 heteroatoms. The molecule has 0 bridgehead atoms. The fourth-order valence-electron chi connectivity index (χ4n) is 3.33. The molecule has 0 N–H and O–H groups in total. The fourth-order valence-corrected chi connectivity index (χ4v) is 3.33. The van der Waals surface area contributed by atoms with Crippen LogP contribution in [0.25, 0.3) is 0 Å². The van der Waals surface area contributed by atoms with Gasteiger partial charge in [-0.15, -0.1) is 0 Å². The molecule has 0 aromatic carbocycles. The maximum absolute atomic E-state index is 13.1. The van der Waals surface area contributed by atoms with Crippen LogP contribution in [0.5, 0.6) is 0 Å². The van der Waals surface area contributed by atoms with Gasteiger partial charge in [-0.2, -0.15) is 0 Å². The van der Waals surface area contributed by atoms with Crippen LogP contribution in [0.2, 0.25) is 0 Å². The standard InChI is InChI=1S/C14H25F/c1-13(2,3)10-6-9(10)8-14(4,5)11-7-12(11)15/h9-12H,6-8H2,1-5H3. The quantitative estimate of drug-likeness (QED) is 0.648. The first-order valence-electron chi connectivity index (χ1n) is 6.36. The normalized spacial score (nSPS) is 40.4. The molecule has 88 valence electrons. The van der Waals surface area contributed by atoms with Gasteiger partial charge in [-0.3, -0.25) is 0 Å². The van der Waals surface area contributed by atoms with Gasteiger partial charge in [0.05, 0.1) is 0 Å². The molecule has 0 aromatic rings. The molecule has 2 aliphatic carbocycles. The highest BCUT2D eigenvalue weighted by molar-refractivity contribution is 5.02. The van der Waals surface area contributed by atoms with E-state index in [1.165, 1.54) is 12.8 Å². The Morgan fingerprint density at radius 3 is 1.87 bits per heavy atom. The Morgan fingerprint density at radius 2 is 1.53 bits per heavy atom. The molecular weight excluding hydrogens is 187 g/mol. The summed E-state index contributed by atoms with van der Waals surface area (Å²) >= 11 is 0. The predicted octanol–water partition coefficient (Wildman–Crippen LogP) is 4.44. The van der Waals surface area contributed by atoms with E-state index in [4.69, 9.17) is 0 Å². The van der Waals surface area contributed by atoms with Crippen LogP contribution in [0.15, 0.2) is 0 Å². The van der Waals surface area contributed by atoms with Gasteiger partial charge < -0.3 is 0 Å². The predicted molar refractivity (Wildman–Crippen MR) is 62.5 cm³/mol. The van der Waals surface area contributed by atoms with Crippen molar-refractivity contribution in [3.63, 3.8) is 0 Å². The maximum atomic E-state index is 13.1. The van der Waals surface area contributed by atoms with Crippen molar-refractivity contribution in [3.8, 4) is 0 Å². The van der Waals surface area contributed by atoms with E-state index in [0.29, 0.717) is 11.3 Å². The minimum absolute atomic E-state index is 0.240. The van der Waals surface area contributed by atoms with Crippen LogP contribution < -0.4 is 0 Å². The molecule has 4 atom stereocenters. The second-order valence-corrected chi connectivity index (χ2v) is 7.52. The monoisotopic (exact) mass is 212 g/mol. The van der Waals surface area contributed by atoms with E-state index in [1.54, 1.807) is 0 Å². The molecule has 0 aliphatic heterocycles. The van der Waals surface area contributed by atoms with Gasteiger partial charge in [0, 0.05) is 0 Å². The smallest absolute Gasteiger partial charge is 0.104 e. The van der Waals surface area contributed by atoms with Crippen molar-refractivity contribution in [1.29, 1.82) is 0 Å². The van der Waals surface area contributed by atoms with Crippen molar-refractivity contribution < 1.29 is 4.39 Å². The average Bonchev–Trinajstić information content (AvgIpc) is 2.83. The van der Waals surface area contributed by atoms with E-state index >= 15 is 0 Å². The maximum Gasteiger partial charge on any atom is 0.104 e. The van der Waals surface area contributed by atoms with Crippen LogP contribution in [0.1, 0.15) is 53.9 Å². The van der Waals surface area contributed by atoms with Gasteiger partial charge in [0.1, 0.15) is 6.17 Å². The van der Waals surface area contributed by atoms with Crippen molar-refractivity contribution >= 4 is 0 Å². The number of hydrogen-bond donors (Lipinski definition) is 0. The number of hydrogen-bond acceptors (Lipinski definition) is 0.